The zero-order chi connectivity index (χ0) is 17.8. The third-order valence-corrected chi connectivity index (χ3v) is 5.23. The van der Waals surface area contributed by atoms with Crippen LogP contribution < -0.4 is 5.56 Å². The van der Waals surface area contributed by atoms with E-state index in [1.165, 1.54) is 11.3 Å². The number of aromatic nitrogens is 2. The first-order valence-corrected chi connectivity index (χ1v) is 9.24. The molecule has 7 heteroatoms. The summed E-state index contributed by atoms with van der Waals surface area (Å²) in [6, 6.07) is 9.46. The molecule has 0 aliphatic rings. The van der Waals surface area contributed by atoms with Crippen LogP contribution in [0.4, 0.5) is 0 Å². The van der Waals surface area contributed by atoms with Gasteiger partial charge in [-0.25, -0.2) is 9.78 Å². The molecule has 2 heterocycles. The number of hydrogen-bond donors (Lipinski definition) is 1. The van der Waals surface area contributed by atoms with Gasteiger partial charge in [0.25, 0.3) is 5.56 Å². The molecular weight excluding hydrogens is 360 g/mol. The molecule has 0 saturated carbocycles. The van der Waals surface area contributed by atoms with Gasteiger partial charge in [0, 0.05) is 12.3 Å². The lowest BCUT2D eigenvalue weighted by Gasteiger charge is -2.03. The minimum absolute atomic E-state index is 0.193. The molecule has 0 amide bonds. The lowest BCUT2D eigenvalue weighted by atomic mass is 10.2. The van der Waals surface area contributed by atoms with Crippen LogP contribution in [0.3, 0.4) is 0 Å². The number of thiophene rings is 1. The van der Waals surface area contributed by atoms with E-state index in [2.05, 4.69) is 9.97 Å². The van der Waals surface area contributed by atoms with Crippen LogP contribution in [0.1, 0.15) is 33.0 Å². The van der Waals surface area contributed by atoms with Gasteiger partial charge >= 0.3 is 5.97 Å². The SMILES string of the molecule is Cc1c(C(=O)OCc2ccccc2)sc2nc(CCCCl)[nH]c(=O)c12. The van der Waals surface area contributed by atoms with Gasteiger partial charge in [-0.1, -0.05) is 30.3 Å². The molecule has 0 fully saturated rings. The normalized spacial score (nSPS) is 11.0. The lowest BCUT2D eigenvalue weighted by Crippen LogP contribution is -2.12. The number of benzene rings is 1. The maximum atomic E-state index is 12.4. The smallest absolute Gasteiger partial charge is 0.349 e. The standard InChI is InChI=1S/C18H17ClN2O3S/c1-11-14-16(22)20-13(8-5-9-19)21-17(14)25-15(11)18(23)24-10-12-6-3-2-4-7-12/h2-4,6-7H,5,8-10H2,1H3,(H,20,21,22). The first kappa shape index (κ1) is 17.6. The summed E-state index contributed by atoms with van der Waals surface area (Å²) in [5.74, 6) is 0.650. The second-order valence-electron chi connectivity index (χ2n) is 5.60. The van der Waals surface area contributed by atoms with Gasteiger partial charge in [-0.15, -0.1) is 22.9 Å². The predicted octanol–water partition coefficient (Wildman–Crippen LogP) is 3.82. The first-order valence-electron chi connectivity index (χ1n) is 7.89. The van der Waals surface area contributed by atoms with Crippen LogP contribution in [0.15, 0.2) is 35.1 Å². The Morgan fingerprint density at radius 2 is 2.08 bits per heavy atom. The number of carbonyl (C=O) groups is 1. The van der Waals surface area contributed by atoms with Crippen molar-refractivity contribution in [3.05, 3.63) is 62.5 Å². The zero-order valence-corrected chi connectivity index (χ0v) is 15.2. The Bertz CT molecular complexity index is 950. The van der Waals surface area contributed by atoms with E-state index in [0.29, 0.717) is 38.8 Å². The Labute approximate surface area is 153 Å². The van der Waals surface area contributed by atoms with Crippen LogP contribution in [0.2, 0.25) is 0 Å². The Kier molecular flexibility index (Phi) is 5.50. The topological polar surface area (TPSA) is 72.0 Å². The number of carbonyl (C=O) groups excluding carboxylic acids is 1. The van der Waals surface area contributed by atoms with Gasteiger partial charge in [-0.05, 0) is 24.5 Å². The van der Waals surface area contributed by atoms with Crippen LogP contribution in [0, 0.1) is 6.92 Å². The number of rotatable bonds is 6. The average Bonchev–Trinajstić information content (AvgIpc) is 2.96. The third kappa shape index (κ3) is 3.91. The molecule has 0 aliphatic carbocycles. The van der Waals surface area contributed by atoms with Gasteiger partial charge in [-0.3, -0.25) is 4.79 Å². The van der Waals surface area contributed by atoms with Crippen molar-refractivity contribution in [2.45, 2.75) is 26.4 Å². The van der Waals surface area contributed by atoms with Crippen LogP contribution in [-0.4, -0.2) is 21.8 Å². The molecule has 0 atom stereocenters. The fraction of sp³-hybridized carbons (Fsp3) is 0.278. The quantitative estimate of drug-likeness (QED) is 0.524. The van der Waals surface area contributed by atoms with E-state index in [0.717, 1.165) is 12.0 Å². The van der Waals surface area contributed by atoms with Gasteiger partial charge in [0.2, 0.25) is 0 Å². The van der Waals surface area contributed by atoms with E-state index < -0.39 is 5.97 Å². The Balaban J connectivity index is 1.86. The largest absolute Gasteiger partial charge is 0.457 e. The summed E-state index contributed by atoms with van der Waals surface area (Å²) in [5.41, 5.74) is 1.29. The highest BCUT2D eigenvalue weighted by Crippen LogP contribution is 2.28. The molecule has 3 aromatic rings. The van der Waals surface area contributed by atoms with Crippen molar-refractivity contribution < 1.29 is 9.53 Å². The number of halogens is 1. The third-order valence-electron chi connectivity index (χ3n) is 3.79. The molecule has 25 heavy (non-hydrogen) atoms. The van der Waals surface area contributed by atoms with Crippen LogP contribution >= 0.6 is 22.9 Å². The number of ether oxygens (including phenoxy) is 1. The van der Waals surface area contributed by atoms with E-state index in [4.69, 9.17) is 16.3 Å². The van der Waals surface area contributed by atoms with E-state index in [1.54, 1.807) is 6.92 Å². The lowest BCUT2D eigenvalue weighted by molar-refractivity contribution is 0.0478. The number of alkyl halides is 1. The number of fused-ring (bicyclic) bond motifs is 1. The van der Waals surface area contributed by atoms with Crippen LogP contribution in [0.25, 0.3) is 10.2 Å². The van der Waals surface area contributed by atoms with Gasteiger partial charge in [0.1, 0.15) is 22.1 Å². The molecule has 2 aromatic heterocycles. The molecule has 0 saturated heterocycles. The Morgan fingerprint density at radius 1 is 1.32 bits per heavy atom. The highest BCUT2D eigenvalue weighted by molar-refractivity contribution is 7.20. The Morgan fingerprint density at radius 3 is 2.80 bits per heavy atom. The second kappa shape index (κ2) is 7.80. The average molecular weight is 377 g/mol. The maximum absolute atomic E-state index is 12.4. The summed E-state index contributed by atoms with van der Waals surface area (Å²) >= 11 is 6.88. The number of nitrogens with zero attached hydrogens (tertiary/aromatic N) is 1. The van der Waals surface area contributed by atoms with Crippen molar-refractivity contribution in [1.82, 2.24) is 9.97 Å². The van der Waals surface area contributed by atoms with Gasteiger partial charge in [0.05, 0.1) is 5.39 Å². The van der Waals surface area contributed by atoms with Crippen LogP contribution in [0.5, 0.6) is 0 Å². The summed E-state index contributed by atoms with van der Waals surface area (Å²) < 4.78 is 5.37. The van der Waals surface area contributed by atoms with Crippen molar-refractivity contribution in [3.63, 3.8) is 0 Å². The summed E-state index contributed by atoms with van der Waals surface area (Å²) in [6.07, 6.45) is 1.33. The summed E-state index contributed by atoms with van der Waals surface area (Å²) in [4.78, 5) is 32.9. The van der Waals surface area contributed by atoms with E-state index in [1.807, 2.05) is 30.3 Å². The van der Waals surface area contributed by atoms with Crippen molar-refractivity contribution in [2.24, 2.45) is 0 Å². The molecule has 5 nitrogen and oxygen atoms in total. The number of aryl methyl sites for hydroxylation is 2. The first-order chi connectivity index (χ1) is 12.1. The number of esters is 1. The fourth-order valence-electron chi connectivity index (χ4n) is 2.52. The molecule has 1 aromatic carbocycles. The molecule has 1 N–H and O–H groups in total. The van der Waals surface area contributed by atoms with Crippen molar-refractivity contribution in [3.8, 4) is 0 Å². The van der Waals surface area contributed by atoms with Crippen LogP contribution in [-0.2, 0) is 17.8 Å². The number of nitrogens with one attached hydrogen (secondary N) is 1. The van der Waals surface area contributed by atoms with Gasteiger partial charge in [-0.2, -0.15) is 0 Å². The molecule has 3 rings (SSSR count). The van der Waals surface area contributed by atoms with Gasteiger partial charge < -0.3 is 9.72 Å². The summed E-state index contributed by atoms with van der Waals surface area (Å²) in [6.45, 7) is 1.94. The highest BCUT2D eigenvalue weighted by atomic mass is 35.5. The Hall–Kier alpha value is -2.18. The second-order valence-corrected chi connectivity index (χ2v) is 6.98. The highest BCUT2D eigenvalue weighted by Gasteiger charge is 2.20. The molecule has 0 unspecified atom stereocenters. The van der Waals surface area contributed by atoms with E-state index in [-0.39, 0.29) is 12.2 Å². The number of hydrogen-bond acceptors (Lipinski definition) is 5. The molecule has 0 bridgehead atoms. The molecule has 0 radical (unpaired) electrons. The molecule has 0 aliphatic heterocycles. The monoisotopic (exact) mass is 376 g/mol. The molecule has 0 spiro atoms. The minimum Gasteiger partial charge on any atom is -0.457 e. The molecule has 130 valence electrons. The van der Waals surface area contributed by atoms with E-state index >= 15 is 0 Å². The predicted molar refractivity (Wildman–Crippen MR) is 99.6 cm³/mol. The summed E-state index contributed by atoms with van der Waals surface area (Å²) in [7, 11) is 0. The van der Waals surface area contributed by atoms with Crippen molar-refractivity contribution >= 4 is 39.1 Å². The minimum atomic E-state index is -0.439. The van der Waals surface area contributed by atoms with Crippen molar-refractivity contribution in [1.29, 1.82) is 0 Å². The van der Waals surface area contributed by atoms with E-state index in [9.17, 15) is 9.59 Å². The fourth-order valence-corrected chi connectivity index (χ4v) is 3.75. The molecular formula is C18H17ClN2O3S. The number of aromatic amines is 1. The van der Waals surface area contributed by atoms with Gasteiger partial charge in [0.15, 0.2) is 0 Å². The summed E-state index contributed by atoms with van der Waals surface area (Å²) in [5, 5.41) is 0.450. The zero-order valence-electron chi connectivity index (χ0n) is 13.7. The maximum Gasteiger partial charge on any atom is 0.349 e. The number of H-pyrrole nitrogens is 1. The van der Waals surface area contributed by atoms with Crippen molar-refractivity contribution in [2.75, 3.05) is 5.88 Å².